The first-order valence-electron chi connectivity index (χ1n) is 6.14. The van der Waals surface area contributed by atoms with Gasteiger partial charge in [-0.2, -0.15) is 0 Å². The molecule has 0 aliphatic heterocycles. The lowest BCUT2D eigenvalue weighted by Gasteiger charge is -2.12. The van der Waals surface area contributed by atoms with Crippen molar-refractivity contribution in [3.05, 3.63) is 52.0 Å². The number of nitrogens with two attached hydrogens (primary N) is 1. The third-order valence-electron chi connectivity index (χ3n) is 2.88. The maximum absolute atomic E-state index is 11.9. The normalized spacial score (nSPS) is 12.1. The minimum Gasteiger partial charge on any atom is -0.354 e. The van der Waals surface area contributed by atoms with Crippen LogP contribution in [0.2, 0.25) is 0 Å². The van der Waals surface area contributed by atoms with E-state index in [2.05, 4.69) is 10.3 Å². The number of aromatic nitrogens is 1. The topological polar surface area (TPSA) is 68.0 Å². The number of aryl methyl sites for hydroxylation is 1. The number of nitrogens with one attached hydrogen (secondary N) is 1. The Balaban J connectivity index is 1.83. The predicted octanol–water partition coefficient (Wildman–Crippen LogP) is 1.81. The van der Waals surface area contributed by atoms with Crippen molar-refractivity contribution in [3.63, 3.8) is 0 Å². The Hall–Kier alpha value is -1.72. The van der Waals surface area contributed by atoms with E-state index in [1.54, 1.807) is 16.8 Å². The Morgan fingerprint density at radius 2 is 2.16 bits per heavy atom. The largest absolute Gasteiger partial charge is 0.354 e. The van der Waals surface area contributed by atoms with Crippen LogP contribution < -0.4 is 11.1 Å². The first-order valence-corrected chi connectivity index (χ1v) is 7.08. The van der Waals surface area contributed by atoms with Crippen molar-refractivity contribution in [2.45, 2.75) is 19.4 Å². The van der Waals surface area contributed by atoms with E-state index in [0.29, 0.717) is 6.54 Å². The van der Waals surface area contributed by atoms with E-state index < -0.39 is 6.04 Å². The zero-order valence-electron chi connectivity index (χ0n) is 10.8. The van der Waals surface area contributed by atoms with Gasteiger partial charge in [-0.25, -0.2) is 4.98 Å². The first kappa shape index (κ1) is 13.7. The van der Waals surface area contributed by atoms with Gasteiger partial charge >= 0.3 is 0 Å². The van der Waals surface area contributed by atoms with E-state index in [1.807, 2.05) is 36.6 Å². The van der Waals surface area contributed by atoms with Crippen LogP contribution in [0.25, 0.3) is 0 Å². The number of amides is 1. The Morgan fingerprint density at radius 3 is 2.79 bits per heavy atom. The summed E-state index contributed by atoms with van der Waals surface area (Å²) in [7, 11) is 0. The molecule has 5 heteroatoms. The van der Waals surface area contributed by atoms with Crippen molar-refractivity contribution in [2.75, 3.05) is 6.54 Å². The number of hydrogen-bond acceptors (Lipinski definition) is 4. The Labute approximate surface area is 116 Å². The van der Waals surface area contributed by atoms with Crippen LogP contribution in [-0.2, 0) is 11.2 Å². The number of carbonyl (C=O) groups excluding carboxylic acids is 1. The minimum absolute atomic E-state index is 0.154. The Kier molecular flexibility index (Phi) is 4.65. The van der Waals surface area contributed by atoms with E-state index in [1.165, 1.54) is 0 Å². The van der Waals surface area contributed by atoms with Gasteiger partial charge < -0.3 is 11.1 Å². The summed E-state index contributed by atoms with van der Waals surface area (Å²) in [5.74, 6) is -0.154. The molecule has 1 aromatic carbocycles. The highest BCUT2D eigenvalue weighted by atomic mass is 32.1. The van der Waals surface area contributed by atoms with Crippen LogP contribution in [-0.4, -0.2) is 17.4 Å². The molecule has 2 aromatic rings. The monoisotopic (exact) mass is 275 g/mol. The maximum atomic E-state index is 11.9. The van der Waals surface area contributed by atoms with Crippen LogP contribution in [0.15, 0.2) is 35.2 Å². The van der Waals surface area contributed by atoms with Crippen molar-refractivity contribution in [1.82, 2.24) is 10.3 Å². The molecule has 100 valence electrons. The van der Waals surface area contributed by atoms with Crippen molar-refractivity contribution < 1.29 is 4.79 Å². The van der Waals surface area contributed by atoms with Crippen LogP contribution in [0.1, 0.15) is 22.9 Å². The van der Waals surface area contributed by atoms with Gasteiger partial charge in [-0.15, -0.1) is 11.3 Å². The van der Waals surface area contributed by atoms with E-state index in [4.69, 9.17) is 5.73 Å². The third-order valence-corrected chi connectivity index (χ3v) is 3.52. The minimum atomic E-state index is -0.615. The molecule has 0 fully saturated rings. The number of carbonyl (C=O) groups is 1. The van der Waals surface area contributed by atoms with Gasteiger partial charge in [-0.05, 0) is 12.5 Å². The molecule has 1 unspecified atom stereocenters. The molecule has 1 amide bonds. The van der Waals surface area contributed by atoms with Crippen LogP contribution >= 0.6 is 11.3 Å². The fraction of sp³-hybridized carbons (Fsp3) is 0.286. The lowest BCUT2D eigenvalue weighted by atomic mass is 10.1. The summed E-state index contributed by atoms with van der Waals surface area (Å²) < 4.78 is 0. The average Bonchev–Trinajstić information content (AvgIpc) is 2.92. The molecule has 1 aromatic heterocycles. The highest BCUT2D eigenvalue weighted by Crippen LogP contribution is 2.11. The molecule has 0 bridgehead atoms. The number of benzene rings is 1. The molecule has 0 aliphatic carbocycles. The molecular formula is C14H17N3OS. The van der Waals surface area contributed by atoms with Gasteiger partial charge in [-0.3, -0.25) is 4.79 Å². The van der Waals surface area contributed by atoms with Gasteiger partial charge in [-0.1, -0.05) is 29.8 Å². The van der Waals surface area contributed by atoms with Gasteiger partial charge in [0.2, 0.25) is 5.91 Å². The smallest absolute Gasteiger partial charge is 0.241 e. The summed E-state index contributed by atoms with van der Waals surface area (Å²) in [6.07, 6.45) is 0.732. The van der Waals surface area contributed by atoms with Crippen molar-refractivity contribution in [1.29, 1.82) is 0 Å². The Bertz CT molecular complexity index is 522. The summed E-state index contributed by atoms with van der Waals surface area (Å²) in [4.78, 5) is 16.1. The van der Waals surface area contributed by atoms with Crippen LogP contribution in [0.5, 0.6) is 0 Å². The first-order chi connectivity index (χ1) is 9.16. The van der Waals surface area contributed by atoms with E-state index in [-0.39, 0.29) is 5.91 Å². The fourth-order valence-electron chi connectivity index (χ4n) is 1.71. The summed E-state index contributed by atoms with van der Waals surface area (Å²) in [5, 5.41) is 4.81. The zero-order chi connectivity index (χ0) is 13.7. The molecule has 0 saturated carbocycles. The second-order valence-corrected chi connectivity index (χ2v) is 5.13. The third kappa shape index (κ3) is 3.87. The van der Waals surface area contributed by atoms with E-state index >= 15 is 0 Å². The van der Waals surface area contributed by atoms with Gasteiger partial charge in [0, 0.05) is 18.3 Å². The van der Waals surface area contributed by atoms with E-state index in [0.717, 1.165) is 23.2 Å². The molecule has 19 heavy (non-hydrogen) atoms. The van der Waals surface area contributed by atoms with Gasteiger partial charge in [0.05, 0.1) is 11.2 Å². The Morgan fingerprint density at radius 1 is 1.42 bits per heavy atom. The van der Waals surface area contributed by atoms with Crippen molar-refractivity contribution in [3.8, 4) is 0 Å². The van der Waals surface area contributed by atoms with Crippen molar-refractivity contribution in [2.24, 2.45) is 5.73 Å². The second-order valence-electron chi connectivity index (χ2n) is 4.41. The summed E-state index contributed by atoms with van der Waals surface area (Å²) in [5.41, 5.74) is 10.7. The molecule has 3 N–H and O–H groups in total. The standard InChI is InChI=1S/C14H17N3OS/c1-10-2-4-11(5-3-10)13(15)14(18)16-7-6-12-8-19-9-17-12/h2-5,8-9,13H,6-7,15H2,1H3,(H,16,18). The number of rotatable bonds is 5. The molecule has 0 radical (unpaired) electrons. The molecule has 2 rings (SSSR count). The summed E-state index contributed by atoms with van der Waals surface area (Å²) in [6, 6.07) is 7.08. The molecule has 1 atom stereocenters. The van der Waals surface area contributed by atoms with Crippen LogP contribution in [0.3, 0.4) is 0 Å². The van der Waals surface area contributed by atoms with Gasteiger partial charge in [0.1, 0.15) is 6.04 Å². The van der Waals surface area contributed by atoms with Gasteiger partial charge in [0.15, 0.2) is 0 Å². The molecule has 0 aliphatic rings. The van der Waals surface area contributed by atoms with Crippen LogP contribution in [0, 0.1) is 6.92 Å². The second kappa shape index (κ2) is 6.45. The SMILES string of the molecule is Cc1ccc(C(N)C(=O)NCCc2cscn2)cc1. The summed E-state index contributed by atoms with van der Waals surface area (Å²) >= 11 is 1.55. The summed E-state index contributed by atoms with van der Waals surface area (Å²) in [6.45, 7) is 2.56. The molecule has 0 spiro atoms. The fourth-order valence-corrected chi connectivity index (χ4v) is 2.30. The van der Waals surface area contributed by atoms with Crippen LogP contribution in [0.4, 0.5) is 0 Å². The maximum Gasteiger partial charge on any atom is 0.241 e. The quantitative estimate of drug-likeness (QED) is 0.874. The predicted molar refractivity (Wildman–Crippen MR) is 76.9 cm³/mol. The zero-order valence-corrected chi connectivity index (χ0v) is 11.6. The van der Waals surface area contributed by atoms with E-state index in [9.17, 15) is 4.79 Å². The van der Waals surface area contributed by atoms with Crippen molar-refractivity contribution >= 4 is 17.2 Å². The average molecular weight is 275 g/mol. The number of hydrogen-bond donors (Lipinski definition) is 2. The number of thiazole rings is 1. The van der Waals surface area contributed by atoms with Gasteiger partial charge in [0.25, 0.3) is 0 Å². The molecular weight excluding hydrogens is 258 g/mol. The lowest BCUT2D eigenvalue weighted by Crippen LogP contribution is -2.35. The highest BCUT2D eigenvalue weighted by molar-refractivity contribution is 7.07. The molecule has 4 nitrogen and oxygen atoms in total. The molecule has 1 heterocycles. The molecule has 0 saturated heterocycles. The highest BCUT2D eigenvalue weighted by Gasteiger charge is 2.14. The lowest BCUT2D eigenvalue weighted by molar-refractivity contribution is -0.122. The number of nitrogens with zero attached hydrogens (tertiary/aromatic N) is 1.